The number of carbonyl (C=O) groups is 1. The SMILES string of the molecule is NCc1cccc(NC(=O)c2ccc3ccccc3n2)c1. The number of pyridine rings is 1. The van der Waals surface area contributed by atoms with Crippen LogP contribution in [0.4, 0.5) is 5.69 Å². The molecule has 0 saturated heterocycles. The summed E-state index contributed by atoms with van der Waals surface area (Å²) in [5.74, 6) is -0.227. The maximum atomic E-state index is 12.3. The maximum absolute atomic E-state index is 12.3. The maximum Gasteiger partial charge on any atom is 0.274 e. The van der Waals surface area contributed by atoms with Crippen molar-refractivity contribution in [2.75, 3.05) is 5.32 Å². The summed E-state index contributed by atoms with van der Waals surface area (Å²) in [6.45, 7) is 0.442. The first-order valence-electron chi connectivity index (χ1n) is 6.72. The van der Waals surface area contributed by atoms with Gasteiger partial charge in [0.25, 0.3) is 5.91 Å². The quantitative estimate of drug-likeness (QED) is 0.773. The molecule has 0 aliphatic rings. The van der Waals surface area contributed by atoms with Crippen LogP contribution >= 0.6 is 0 Å². The van der Waals surface area contributed by atoms with Crippen LogP contribution in [0.25, 0.3) is 10.9 Å². The van der Waals surface area contributed by atoms with Gasteiger partial charge in [0.15, 0.2) is 0 Å². The van der Waals surface area contributed by atoms with Crippen molar-refractivity contribution in [3.05, 3.63) is 71.9 Å². The molecule has 3 N–H and O–H groups in total. The van der Waals surface area contributed by atoms with Crippen LogP contribution in [0.5, 0.6) is 0 Å². The summed E-state index contributed by atoms with van der Waals surface area (Å²) in [5.41, 5.74) is 8.49. The van der Waals surface area contributed by atoms with E-state index in [4.69, 9.17) is 5.73 Å². The second kappa shape index (κ2) is 5.73. The molecule has 4 nitrogen and oxygen atoms in total. The van der Waals surface area contributed by atoms with Gasteiger partial charge in [0, 0.05) is 17.6 Å². The Hall–Kier alpha value is -2.72. The van der Waals surface area contributed by atoms with E-state index in [9.17, 15) is 4.79 Å². The smallest absolute Gasteiger partial charge is 0.274 e. The van der Waals surface area contributed by atoms with E-state index in [1.807, 2.05) is 54.6 Å². The summed E-state index contributed by atoms with van der Waals surface area (Å²) < 4.78 is 0. The average molecular weight is 277 g/mol. The fourth-order valence-electron chi connectivity index (χ4n) is 2.16. The molecule has 104 valence electrons. The molecule has 0 aliphatic carbocycles. The Morgan fingerprint density at radius 1 is 1.05 bits per heavy atom. The molecule has 3 aromatic rings. The van der Waals surface area contributed by atoms with E-state index in [1.165, 1.54) is 0 Å². The number of amides is 1. The van der Waals surface area contributed by atoms with Gasteiger partial charge in [0.1, 0.15) is 5.69 Å². The molecule has 2 aromatic carbocycles. The number of nitrogens with zero attached hydrogens (tertiary/aromatic N) is 1. The van der Waals surface area contributed by atoms with Crippen LogP contribution in [0.3, 0.4) is 0 Å². The molecule has 0 spiro atoms. The van der Waals surface area contributed by atoms with Gasteiger partial charge in [-0.2, -0.15) is 0 Å². The molecule has 0 bridgehead atoms. The highest BCUT2D eigenvalue weighted by Crippen LogP contribution is 2.14. The minimum Gasteiger partial charge on any atom is -0.326 e. The summed E-state index contributed by atoms with van der Waals surface area (Å²) >= 11 is 0. The van der Waals surface area contributed by atoms with Gasteiger partial charge in [0.2, 0.25) is 0 Å². The number of nitrogens with two attached hydrogens (primary N) is 1. The first-order valence-corrected chi connectivity index (χ1v) is 6.72. The number of benzene rings is 2. The first kappa shape index (κ1) is 13.3. The number of rotatable bonds is 3. The largest absolute Gasteiger partial charge is 0.326 e. The molecular weight excluding hydrogens is 262 g/mol. The lowest BCUT2D eigenvalue weighted by Gasteiger charge is -2.07. The Morgan fingerprint density at radius 3 is 2.76 bits per heavy atom. The Bertz CT molecular complexity index is 799. The van der Waals surface area contributed by atoms with E-state index in [0.717, 1.165) is 22.2 Å². The molecule has 1 amide bonds. The van der Waals surface area contributed by atoms with E-state index in [0.29, 0.717) is 12.2 Å². The van der Waals surface area contributed by atoms with Crippen molar-refractivity contribution in [3.63, 3.8) is 0 Å². The molecule has 21 heavy (non-hydrogen) atoms. The summed E-state index contributed by atoms with van der Waals surface area (Å²) in [7, 11) is 0. The van der Waals surface area contributed by atoms with Crippen molar-refractivity contribution >= 4 is 22.5 Å². The van der Waals surface area contributed by atoms with Gasteiger partial charge in [0.05, 0.1) is 5.52 Å². The fourth-order valence-corrected chi connectivity index (χ4v) is 2.16. The minimum atomic E-state index is -0.227. The van der Waals surface area contributed by atoms with Crippen molar-refractivity contribution < 1.29 is 4.79 Å². The van der Waals surface area contributed by atoms with Gasteiger partial charge in [-0.1, -0.05) is 36.4 Å². The van der Waals surface area contributed by atoms with E-state index in [1.54, 1.807) is 6.07 Å². The third-order valence-electron chi connectivity index (χ3n) is 3.25. The number of hydrogen-bond acceptors (Lipinski definition) is 3. The third-order valence-corrected chi connectivity index (χ3v) is 3.25. The van der Waals surface area contributed by atoms with Gasteiger partial charge < -0.3 is 11.1 Å². The lowest BCUT2D eigenvalue weighted by Crippen LogP contribution is -2.14. The van der Waals surface area contributed by atoms with Crippen LogP contribution in [-0.2, 0) is 6.54 Å². The highest BCUT2D eigenvalue weighted by atomic mass is 16.1. The summed E-state index contributed by atoms with van der Waals surface area (Å²) in [5, 5.41) is 3.85. The van der Waals surface area contributed by atoms with Crippen molar-refractivity contribution in [2.45, 2.75) is 6.54 Å². The van der Waals surface area contributed by atoms with Crippen LogP contribution in [0.15, 0.2) is 60.7 Å². The number of hydrogen-bond donors (Lipinski definition) is 2. The Labute approximate surface area is 122 Å². The standard InChI is InChI=1S/C17H15N3O/c18-11-12-4-3-6-14(10-12)19-17(21)16-9-8-13-5-1-2-7-15(13)20-16/h1-10H,11,18H2,(H,19,21). The molecule has 1 aromatic heterocycles. The Morgan fingerprint density at radius 2 is 1.90 bits per heavy atom. The van der Waals surface area contributed by atoms with Gasteiger partial charge in [-0.3, -0.25) is 4.79 Å². The van der Waals surface area contributed by atoms with Gasteiger partial charge in [-0.05, 0) is 29.8 Å². The zero-order chi connectivity index (χ0) is 14.7. The summed E-state index contributed by atoms with van der Waals surface area (Å²) in [4.78, 5) is 16.6. The van der Waals surface area contributed by atoms with Crippen molar-refractivity contribution in [1.82, 2.24) is 4.98 Å². The van der Waals surface area contributed by atoms with Crippen LogP contribution in [0.1, 0.15) is 16.1 Å². The van der Waals surface area contributed by atoms with E-state index >= 15 is 0 Å². The van der Waals surface area contributed by atoms with E-state index in [-0.39, 0.29) is 5.91 Å². The van der Waals surface area contributed by atoms with E-state index in [2.05, 4.69) is 10.3 Å². The van der Waals surface area contributed by atoms with Crippen LogP contribution < -0.4 is 11.1 Å². The van der Waals surface area contributed by atoms with Gasteiger partial charge in [-0.15, -0.1) is 0 Å². The summed E-state index contributed by atoms with van der Waals surface area (Å²) in [6, 6.07) is 18.8. The Kier molecular flexibility index (Phi) is 3.62. The highest BCUT2D eigenvalue weighted by Gasteiger charge is 2.08. The van der Waals surface area contributed by atoms with Gasteiger partial charge >= 0.3 is 0 Å². The monoisotopic (exact) mass is 277 g/mol. The second-order valence-corrected chi connectivity index (χ2v) is 4.75. The number of anilines is 1. The molecule has 0 fully saturated rings. The molecule has 1 heterocycles. The predicted octanol–water partition coefficient (Wildman–Crippen LogP) is 2.95. The molecule has 0 saturated carbocycles. The minimum absolute atomic E-state index is 0.227. The van der Waals surface area contributed by atoms with E-state index < -0.39 is 0 Å². The normalized spacial score (nSPS) is 10.5. The van der Waals surface area contributed by atoms with Crippen molar-refractivity contribution in [2.24, 2.45) is 5.73 Å². The fraction of sp³-hybridized carbons (Fsp3) is 0.0588. The van der Waals surface area contributed by atoms with Crippen LogP contribution in [0.2, 0.25) is 0 Å². The zero-order valence-corrected chi connectivity index (χ0v) is 11.4. The van der Waals surface area contributed by atoms with Crippen LogP contribution in [0, 0.1) is 0 Å². The molecule has 0 atom stereocenters. The summed E-state index contributed by atoms with van der Waals surface area (Å²) in [6.07, 6.45) is 0. The zero-order valence-electron chi connectivity index (χ0n) is 11.4. The second-order valence-electron chi connectivity index (χ2n) is 4.75. The number of fused-ring (bicyclic) bond motifs is 1. The van der Waals surface area contributed by atoms with Gasteiger partial charge in [-0.25, -0.2) is 4.98 Å². The molecule has 0 radical (unpaired) electrons. The molecule has 3 rings (SSSR count). The average Bonchev–Trinajstić information content (AvgIpc) is 2.54. The molecular formula is C17H15N3O. The van der Waals surface area contributed by atoms with Crippen molar-refractivity contribution in [1.29, 1.82) is 0 Å². The number of nitrogens with one attached hydrogen (secondary N) is 1. The topological polar surface area (TPSA) is 68.0 Å². The number of aromatic nitrogens is 1. The number of para-hydroxylation sites is 1. The predicted molar refractivity (Wildman–Crippen MR) is 84.0 cm³/mol. The molecule has 4 heteroatoms. The molecule has 0 unspecified atom stereocenters. The lowest BCUT2D eigenvalue weighted by atomic mass is 10.2. The van der Waals surface area contributed by atoms with Crippen molar-refractivity contribution in [3.8, 4) is 0 Å². The first-order chi connectivity index (χ1) is 10.3. The number of carbonyl (C=O) groups excluding carboxylic acids is 1. The molecule has 0 aliphatic heterocycles. The highest BCUT2D eigenvalue weighted by molar-refractivity contribution is 6.04. The third kappa shape index (κ3) is 2.90. The Balaban J connectivity index is 1.86. The van der Waals surface area contributed by atoms with Crippen LogP contribution in [-0.4, -0.2) is 10.9 Å². The lowest BCUT2D eigenvalue weighted by molar-refractivity contribution is 0.102.